The molecule has 13 heteroatoms. The Kier molecular flexibility index (Phi) is 5.82. The van der Waals surface area contributed by atoms with E-state index in [-0.39, 0.29) is 23.5 Å². The van der Waals surface area contributed by atoms with Gasteiger partial charge in [-0.1, -0.05) is 0 Å². The number of aryl methyl sites for hydroxylation is 1. The van der Waals surface area contributed by atoms with Gasteiger partial charge in [-0.25, -0.2) is 18.7 Å². The van der Waals surface area contributed by atoms with Crippen LogP contribution >= 0.6 is 0 Å². The van der Waals surface area contributed by atoms with Crippen LogP contribution in [0, 0.1) is 0 Å². The van der Waals surface area contributed by atoms with Crippen LogP contribution in [0.25, 0.3) is 0 Å². The molecule has 0 amide bonds. The van der Waals surface area contributed by atoms with E-state index in [1.165, 1.54) is 4.90 Å². The van der Waals surface area contributed by atoms with Crippen LogP contribution in [0.4, 0.5) is 39.5 Å². The second kappa shape index (κ2) is 8.70. The molecule has 5 rings (SSSR count). The standard InChI is InChI=1S/C22H23F5N8/c1-33-6-4-16(32-33)11-34-7-3-14(10-34)17-9-19(31-20(29-17)35-12-21(23,24)13-35)30-18-8-15(2-5-28-18)22(25,26)27/h2,4-6,8-9,14H,3,7,10-13H2,1H3,(H,28,29,30,31). The highest BCUT2D eigenvalue weighted by Gasteiger charge is 2.45. The molecule has 2 aliphatic heterocycles. The zero-order chi connectivity index (χ0) is 24.8. The zero-order valence-electron chi connectivity index (χ0n) is 18.8. The van der Waals surface area contributed by atoms with Crippen molar-refractivity contribution in [2.75, 3.05) is 36.4 Å². The first kappa shape index (κ1) is 23.4. The first-order valence-corrected chi connectivity index (χ1v) is 11.1. The van der Waals surface area contributed by atoms with E-state index < -0.39 is 30.8 Å². The molecule has 0 spiro atoms. The molecular weight excluding hydrogens is 471 g/mol. The van der Waals surface area contributed by atoms with Gasteiger partial charge in [-0.3, -0.25) is 9.58 Å². The highest BCUT2D eigenvalue weighted by molar-refractivity contribution is 5.56. The summed E-state index contributed by atoms with van der Waals surface area (Å²) in [7, 11) is 1.85. The summed E-state index contributed by atoms with van der Waals surface area (Å²) in [5.74, 6) is -2.53. The molecule has 3 aromatic rings. The molecule has 5 heterocycles. The van der Waals surface area contributed by atoms with Crippen LogP contribution in [-0.4, -0.2) is 61.7 Å². The highest BCUT2D eigenvalue weighted by Crippen LogP contribution is 2.35. The van der Waals surface area contributed by atoms with E-state index in [1.807, 2.05) is 19.3 Å². The van der Waals surface area contributed by atoms with E-state index in [0.29, 0.717) is 18.8 Å². The second-order valence-electron chi connectivity index (χ2n) is 8.94. The van der Waals surface area contributed by atoms with Crippen LogP contribution in [0.2, 0.25) is 0 Å². The fourth-order valence-corrected chi connectivity index (χ4v) is 4.32. The third-order valence-corrected chi connectivity index (χ3v) is 6.05. The number of nitrogens with zero attached hydrogens (tertiary/aromatic N) is 7. The van der Waals surface area contributed by atoms with Gasteiger partial charge < -0.3 is 10.2 Å². The Labute approximate surface area is 197 Å². The van der Waals surface area contributed by atoms with Crippen molar-refractivity contribution in [3.05, 3.63) is 53.6 Å². The van der Waals surface area contributed by atoms with Gasteiger partial charge in [0.1, 0.15) is 11.6 Å². The lowest BCUT2D eigenvalue weighted by molar-refractivity contribution is -0.137. The van der Waals surface area contributed by atoms with Gasteiger partial charge >= 0.3 is 6.18 Å². The number of halogens is 5. The topological polar surface area (TPSA) is 75.0 Å². The molecule has 0 radical (unpaired) electrons. The summed E-state index contributed by atoms with van der Waals surface area (Å²) in [5.41, 5.74) is 0.730. The lowest BCUT2D eigenvalue weighted by Gasteiger charge is -2.38. The molecule has 1 unspecified atom stereocenters. The molecule has 35 heavy (non-hydrogen) atoms. The Bertz CT molecular complexity index is 1200. The van der Waals surface area contributed by atoms with Crippen molar-refractivity contribution in [1.82, 2.24) is 29.6 Å². The molecule has 186 valence electrons. The fraction of sp³-hybridized carbons (Fsp3) is 0.455. The first-order valence-electron chi connectivity index (χ1n) is 11.1. The van der Waals surface area contributed by atoms with E-state index in [4.69, 9.17) is 0 Å². The van der Waals surface area contributed by atoms with Gasteiger partial charge in [0.05, 0.1) is 30.0 Å². The molecule has 2 saturated heterocycles. The summed E-state index contributed by atoms with van der Waals surface area (Å²) in [6.45, 7) is 1.15. The minimum Gasteiger partial charge on any atom is -0.329 e. The van der Waals surface area contributed by atoms with E-state index >= 15 is 0 Å². The van der Waals surface area contributed by atoms with Gasteiger partial charge in [-0.2, -0.15) is 23.3 Å². The van der Waals surface area contributed by atoms with Crippen LogP contribution in [0.15, 0.2) is 36.7 Å². The predicted molar refractivity (Wildman–Crippen MR) is 118 cm³/mol. The number of rotatable bonds is 6. The quantitative estimate of drug-likeness (QED) is 0.523. The molecule has 1 atom stereocenters. The zero-order valence-corrected chi connectivity index (χ0v) is 18.8. The number of aromatic nitrogens is 5. The summed E-state index contributed by atoms with van der Waals surface area (Å²) in [4.78, 5) is 16.4. The Morgan fingerprint density at radius 1 is 1.11 bits per heavy atom. The SMILES string of the molecule is Cn1ccc(CN2CCC(c3cc(Nc4cc(C(F)(F)F)ccn4)nc(N4CC(F)(F)C4)n3)C2)n1. The number of anilines is 3. The maximum absolute atomic E-state index is 13.5. The Hall–Kier alpha value is -3.35. The van der Waals surface area contributed by atoms with Crippen LogP contribution in [0.5, 0.6) is 0 Å². The first-order chi connectivity index (χ1) is 16.5. The Balaban J connectivity index is 1.38. The third-order valence-electron chi connectivity index (χ3n) is 6.05. The summed E-state index contributed by atoms with van der Waals surface area (Å²) in [5, 5.41) is 7.20. The average molecular weight is 494 g/mol. The fourth-order valence-electron chi connectivity index (χ4n) is 4.32. The second-order valence-corrected chi connectivity index (χ2v) is 8.94. The van der Waals surface area contributed by atoms with Crippen LogP contribution in [-0.2, 0) is 19.8 Å². The molecule has 1 N–H and O–H groups in total. The Morgan fingerprint density at radius 3 is 2.60 bits per heavy atom. The van der Waals surface area contributed by atoms with Crippen molar-refractivity contribution in [3.8, 4) is 0 Å². The van der Waals surface area contributed by atoms with Crippen molar-refractivity contribution in [2.24, 2.45) is 7.05 Å². The number of likely N-dealkylation sites (tertiary alicyclic amines) is 1. The monoisotopic (exact) mass is 494 g/mol. The normalized spacial score (nSPS) is 20.2. The molecule has 3 aromatic heterocycles. The van der Waals surface area contributed by atoms with E-state index in [0.717, 1.165) is 37.0 Å². The average Bonchev–Trinajstić information content (AvgIpc) is 3.40. The minimum atomic E-state index is -4.52. The van der Waals surface area contributed by atoms with Crippen molar-refractivity contribution in [3.63, 3.8) is 0 Å². The maximum Gasteiger partial charge on any atom is 0.416 e. The summed E-state index contributed by atoms with van der Waals surface area (Å²) in [6, 6.07) is 5.35. The molecule has 8 nitrogen and oxygen atoms in total. The predicted octanol–water partition coefficient (Wildman–Crippen LogP) is 3.81. The number of nitrogens with one attached hydrogen (secondary N) is 1. The van der Waals surface area contributed by atoms with Crippen molar-refractivity contribution < 1.29 is 22.0 Å². The van der Waals surface area contributed by atoms with Crippen molar-refractivity contribution >= 4 is 17.6 Å². The minimum absolute atomic E-state index is 0.0114. The van der Waals surface area contributed by atoms with Gasteiger partial charge in [-0.05, 0) is 31.2 Å². The molecule has 0 bridgehead atoms. The van der Waals surface area contributed by atoms with Crippen LogP contribution < -0.4 is 10.2 Å². The third kappa shape index (κ3) is 5.34. The number of pyridine rings is 1. The van der Waals surface area contributed by atoms with Crippen molar-refractivity contribution in [1.29, 1.82) is 0 Å². The molecule has 0 saturated carbocycles. The summed E-state index contributed by atoms with van der Waals surface area (Å²) in [6.07, 6.45) is -0.801. The molecule has 2 aliphatic rings. The van der Waals surface area contributed by atoms with E-state index in [1.54, 1.807) is 10.7 Å². The van der Waals surface area contributed by atoms with Crippen LogP contribution in [0.3, 0.4) is 0 Å². The van der Waals surface area contributed by atoms with Gasteiger partial charge in [0.2, 0.25) is 5.95 Å². The van der Waals surface area contributed by atoms with Crippen molar-refractivity contribution in [2.45, 2.75) is 31.0 Å². The van der Waals surface area contributed by atoms with E-state index in [2.05, 4.69) is 30.3 Å². The lowest BCUT2D eigenvalue weighted by Crippen LogP contribution is -2.57. The molecule has 0 aromatic carbocycles. The van der Waals surface area contributed by atoms with Crippen LogP contribution in [0.1, 0.15) is 29.3 Å². The van der Waals surface area contributed by atoms with E-state index in [9.17, 15) is 22.0 Å². The smallest absolute Gasteiger partial charge is 0.329 e. The summed E-state index contributed by atoms with van der Waals surface area (Å²) < 4.78 is 68.0. The maximum atomic E-state index is 13.5. The molecule has 0 aliphatic carbocycles. The largest absolute Gasteiger partial charge is 0.416 e. The number of hydrogen-bond acceptors (Lipinski definition) is 7. The summed E-state index contributed by atoms with van der Waals surface area (Å²) >= 11 is 0. The van der Waals surface area contributed by atoms with Gasteiger partial charge in [0.15, 0.2) is 0 Å². The van der Waals surface area contributed by atoms with Gasteiger partial charge in [0.25, 0.3) is 5.92 Å². The number of alkyl halides is 5. The van der Waals surface area contributed by atoms with Gasteiger partial charge in [0, 0.05) is 44.5 Å². The molecular formula is C22H23F5N8. The number of hydrogen-bond donors (Lipinski definition) is 1. The van der Waals surface area contributed by atoms with Gasteiger partial charge in [-0.15, -0.1) is 0 Å². The Morgan fingerprint density at radius 2 is 1.91 bits per heavy atom. The highest BCUT2D eigenvalue weighted by atomic mass is 19.4. The molecule has 2 fully saturated rings. The lowest BCUT2D eigenvalue weighted by atomic mass is 10.0.